The van der Waals surface area contributed by atoms with E-state index in [2.05, 4.69) is 6.92 Å². The zero-order chi connectivity index (χ0) is 12.1. The molecule has 17 heavy (non-hydrogen) atoms. The van der Waals surface area contributed by atoms with Gasteiger partial charge in [-0.15, -0.1) is 0 Å². The quantitative estimate of drug-likeness (QED) is 0.804. The van der Waals surface area contributed by atoms with Crippen LogP contribution in [0.5, 0.6) is 0 Å². The Kier molecular flexibility index (Phi) is 5.26. The average molecular weight is 241 g/mol. The van der Waals surface area contributed by atoms with Gasteiger partial charge in [0.25, 0.3) is 0 Å². The SMILES string of the molecule is CCC1CCCCC1OCC1CCC(CN)O1. The summed E-state index contributed by atoms with van der Waals surface area (Å²) in [6.45, 7) is 3.71. The minimum Gasteiger partial charge on any atom is -0.375 e. The minimum absolute atomic E-state index is 0.275. The van der Waals surface area contributed by atoms with Crippen LogP contribution in [0.25, 0.3) is 0 Å². The molecule has 2 fully saturated rings. The second-order valence-electron chi connectivity index (χ2n) is 5.52. The van der Waals surface area contributed by atoms with Crippen LogP contribution < -0.4 is 5.73 Å². The zero-order valence-electron chi connectivity index (χ0n) is 11.1. The summed E-state index contributed by atoms with van der Waals surface area (Å²) in [6, 6.07) is 0. The Balaban J connectivity index is 1.70. The van der Waals surface area contributed by atoms with E-state index in [0.717, 1.165) is 25.4 Å². The second kappa shape index (κ2) is 6.72. The van der Waals surface area contributed by atoms with Gasteiger partial charge in [0.1, 0.15) is 0 Å². The zero-order valence-corrected chi connectivity index (χ0v) is 11.1. The highest BCUT2D eigenvalue weighted by molar-refractivity contribution is 4.78. The standard InChI is InChI=1S/C14H27NO2/c1-2-11-5-3-4-6-14(11)16-10-13-8-7-12(9-15)17-13/h11-14H,2-10,15H2,1H3. The molecule has 3 heteroatoms. The maximum absolute atomic E-state index is 6.10. The molecule has 0 radical (unpaired) electrons. The lowest BCUT2D eigenvalue weighted by molar-refractivity contribution is -0.0678. The molecule has 2 aliphatic rings. The molecule has 0 spiro atoms. The summed E-state index contributed by atoms with van der Waals surface area (Å²) in [6.07, 6.45) is 9.82. The fourth-order valence-electron chi connectivity index (χ4n) is 3.17. The summed E-state index contributed by atoms with van der Waals surface area (Å²) >= 11 is 0. The average Bonchev–Trinajstić information content (AvgIpc) is 2.84. The molecule has 2 rings (SSSR count). The first-order chi connectivity index (χ1) is 8.33. The van der Waals surface area contributed by atoms with Crippen LogP contribution in [0.1, 0.15) is 51.9 Å². The molecule has 4 atom stereocenters. The first-order valence-electron chi connectivity index (χ1n) is 7.30. The first kappa shape index (κ1) is 13.3. The van der Waals surface area contributed by atoms with E-state index in [9.17, 15) is 0 Å². The molecule has 2 N–H and O–H groups in total. The molecule has 3 nitrogen and oxygen atoms in total. The number of hydrogen-bond acceptors (Lipinski definition) is 3. The molecule has 4 unspecified atom stereocenters. The molecule has 100 valence electrons. The van der Waals surface area contributed by atoms with Crippen molar-refractivity contribution in [3.63, 3.8) is 0 Å². The molecule has 1 heterocycles. The molecule has 0 aromatic rings. The third-order valence-corrected chi connectivity index (χ3v) is 4.32. The van der Waals surface area contributed by atoms with Crippen molar-refractivity contribution < 1.29 is 9.47 Å². The Labute approximate surface area is 105 Å². The lowest BCUT2D eigenvalue weighted by Crippen LogP contribution is -2.31. The normalized spacial score (nSPS) is 38.5. The van der Waals surface area contributed by atoms with Crippen LogP contribution in [-0.4, -0.2) is 31.5 Å². The fourth-order valence-corrected chi connectivity index (χ4v) is 3.17. The van der Waals surface area contributed by atoms with E-state index < -0.39 is 0 Å². The Morgan fingerprint density at radius 3 is 2.59 bits per heavy atom. The molecule has 0 aromatic carbocycles. The number of ether oxygens (including phenoxy) is 2. The molecule has 1 saturated heterocycles. The lowest BCUT2D eigenvalue weighted by atomic mass is 9.85. The predicted molar refractivity (Wildman–Crippen MR) is 68.9 cm³/mol. The van der Waals surface area contributed by atoms with Crippen LogP contribution in [-0.2, 0) is 9.47 Å². The number of nitrogens with two attached hydrogens (primary N) is 1. The minimum atomic E-state index is 0.275. The monoisotopic (exact) mass is 241 g/mol. The van der Waals surface area contributed by atoms with Crippen molar-refractivity contribution in [2.75, 3.05) is 13.2 Å². The highest BCUT2D eigenvalue weighted by Gasteiger charge is 2.28. The summed E-state index contributed by atoms with van der Waals surface area (Å²) in [5.74, 6) is 0.774. The van der Waals surface area contributed by atoms with Gasteiger partial charge in [-0.1, -0.05) is 26.2 Å². The van der Waals surface area contributed by atoms with Gasteiger partial charge in [-0.2, -0.15) is 0 Å². The van der Waals surface area contributed by atoms with Gasteiger partial charge in [-0.3, -0.25) is 0 Å². The summed E-state index contributed by atoms with van der Waals surface area (Å²) in [4.78, 5) is 0. The molecule has 0 amide bonds. The van der Waals surface area contributed by atoms with Crippen molar-refractivity contribution in [3.05, 3.63) is 0 Å². The van der Waals surface area contributed by atoms with Gasteiger partial charge in [0.15, 0.2) is 0 Å². The van der Waals surface area contributed by atoms with Crippen molar-refractivity contribution >= 4 is 0 Å². The van der Waals surface area contributed by atoms with Gasteiger partial charge in [0.2, 0.25) is 0 Å². The fraction of sp³-hybridized carbons (Fsp3) is 1.00. The van der Waals surface area contributed by atoms with Crippen molar-refractivity contribution in [3.8, 4) is 0 Å². The van der Waals surface area contributed by atoms with E-state index in [-0.39, 0.29) is 6.10 Å². The summed E-state index contributed by atoms with van der Waals surface area (Å²) in [5.41, 5.74) is 5.61. The molecule has 1 saturated carbocycles. The highest BCUT2D eigenvalue weighted by Crippen LogP contribution is 2.30. The van der Waals surface area contributed by atoms with Crippen LogP contribution in [0.4, 0.5) is 0 Å². The predicted octanol–water partition coefficient (Wildman–Crippen LogP) is 2.48. The third kappa shape index (κ3) is 3.67. The van der Waals surface area contributed by atoms with Gasteiger partial charge in [-0.25, -0.2) is 0 Å². The first-order valence-corrected chi connectivity index (χ1v) is 7.30. The molecular weight excluding hydrogens is 214 g/mol. The van der Waals surface area contributed by atoms with Crippen molar-refractivity contribution in [1.82, 2.24) is 0 Å². The third-order valence-electron chi connectivity index (χ3n) is 4.32. The van der Waals surface area contributed by atoms with Gasteiger partial charge < -0.3 is 15.2 Å². The molecular formula is C14H27NO2. The van der Waals surface area contributed by atoms with Crippen LogP contribution >= 0.6 is 0 Å². The van der Waals surface area contributed by atoms with E-state index >= 15 is 0 Å². The van der Waals surface area contributed by atoms with Crippen LogP contribution in [0, 0.1) is 5.92 Å². The maximum atomic E-state index is 6.10. The van der Waals surface area contributed by atoms with Crippen molar-refractivity contribution in [1.29, 1.82) is 0 Å². The van der Waals surface area contributed by atoms with Gasteiger partial charge >= 0.3 is 0 Å². The molecule has 0 bridgehead atoms. The highest BCUT2D eigenvalue weighted by atomic mass is 16.5. The largest absolute Gasteiger partial charge is 0.375 e. The van der Waals surface area contributed by atoms with Gasteiger partial charge in [0.05, 0.1) is 24.9 Å². The van der Waals surface area contributed by atoms with Gasteiger partial charge in [-0.05, 0) is 31.6 Å². The molecule has 0 aromatic heterocycles. The number of hydrogen-bond donors (Lipinski definition) is 1. The molecule has 1 aliphatic heterocycles. The van der Waals surface area contributed by atoms with E-state index in [4.69, 9.17) is 15.2 Å². The van der Waals surface area contributed by atoms with E-state index in [1.54, 1.807) is 0 Å². The smallest absolute Gasteiger partial charge is 0.0814 e. The van der Waals surface area contributed by atoms with E-state index in [1.165, 1.54) is 32.1 Å². The van der Waals surface area contributed by atoms with Crippen LogP contribution in [0.2, 0.25) is 0 Å². The van der Waals surface area contributed by atoms with E-state index in [1.807, 2.05) is 0 Å². The maximum Gasteiger partial charge on any atom is 0.0814 e. The molecule has 1 aliphatic carbocycles. The van der Waals surface area contributed by atoms with Crippen molar-refractivity contribution in [2.24, 2.45) is 11.7 Å². The van der Waals surface area contributed by atoms with Crippen LogP contribution in [0.15, 0.2) is 0 Å². The van der Waals surface area contributed by atoms with E-state index in [0.29, 0.717) is 18.8 Å². The Hall–Kier alpha value is -0.120. The van der Waals surface area contributed by atoms with Crippen LogP contribution in [0.3, 0.4) is 0 Å². The Morgan fingerprint density at radius 2 is 1.88 bits per heavy atom. The summed E-state index contributed by atoms with van der Waals surface area (Å²) in [7, 11) is 0. The Bertz CT molecular complexity index is 222. The van der Waals surface area contributed by atoms with Gasteiger partial charge in [0, 0.05) is 6.54 Å². The second-order valence-corrected chi connectivity index (χ2v) is 5.52. The van der Waals surface area contributed by atoms with Crippen molar-refractivity contribution in [2.45, 2.75) is 70.2 Å². The Morgan fingerprint density at radius 1 is 1.12 bits per heavy atom. The summed E-state index contributed by atoms with van der Waals surface area (Å²) in [5, 5.41) is 0. The lowest BCUT2D eigenvalue weighted by Gasteiger charge is -2.31. The summed E-state index contributed by atoms with van der Waals surface area (Å²) < 4.78 is 11.9. The topological polar surface area (TPSA) is 44.5 Å². The number of rotatable bonds is 5.